The van der Waals surface area contributed by atoms with Crippen molar-refractivity contribution in [1.29, 1.82) is 0 Å². The Bertz CT molecular complexity index is 610. The molecule has 1 aliphatic rings. The molecule has 2 aromatic carbocycles. The van der Waals surface area contributed by atoms with Crippen molar-refractivity contribution in [2.24, 2.45) is 4.99 Å². The zero-order valence-electron chi connectivity index (χ0n) is 13.1. The molecule has 0 heterocycles. The Morgan fingerprint density at radius 1 is 0.870 bits per heavy atom. The number of hydrogen-bond acceptors (Lipinski definition) is 2. The van der Waals surface area contributed by atoms with Crippen LogP contribution in [0, 0.1) is 0 Å². The van der Waals surface area contributed by atoms with Gasteiger partial charge in [-0.2, -0.15) is 0 Å². The first-order chi connectivity index (χ1) is 10.8. The van der Waals surface area contributed by atoms with Crippen LogP contribution < -0.4 is 5.06 Å². The van der Waals surface area contributed by atoms with Crippen LogP contribution in [0.4, 0.5) is 5.69 Å². The summed E-state index contributed by atoms with van der Waals surface area (Å²) in [6.45, 7) is 0. The summed E-state index contributed by atoms with van der Waals surface area (Å²) in [5.74, 6) is 0.638. The molecule has 1 fully saturated rings. The quantitative estimate of drug-likeness (QED) is 0.483. The first-order valence-electron chi connectivity index (χ1n) is 8.02. The van der Waals surface area contributed by atoms with Gasteiger partial charge in [0.05, 0.1) is 11.7 Å². The number of anilines is 1. The summed E-state index contributed by atoms with van der Waals surface area (Å²) in [5, 5.41) is 11.9. The lowest BCUT2D eigenvalue weighted by Gasteiger charge is -2.24. The second-order valence-corrected chi connectivity index (χ2v) is 5.76. The van der Waals surface area contributed by atoms with E-state index >= 15 is 0 Å². The number of rotatable bonds is 3. The third-order valence-electron chi connectivity index (χ3n) is 4.11. The Balaban J connectivity index is 0.00000192. The van der Waals surface area contributed by atoms with Crippen LogP contribution in [0.25, 0.3) is 0 Å². The maximum absolute atomic E-state index is 10.7. The number of benzene rings is 2. The number of para-hydroxylation sites is 1. The average molecular weight is 331 g/mol. The smallest absolute Gasteiger partial charge is 0.160 e. The lowest BCUT2D eigenvalue weighted by Crippen LogP contribution is -2.30. The highest BCUT2D eigenvalue weighted by atomic mass is 35.5. The molecule has 122 valence electrons. The zero-order chi connectivity index (χ0) is 15.2. The monoisotopic (exact) mass is 330 g/mol. The summed E-state index contributed by atoms with van der Waals surface area (Å²) in [4.78, 5) is 4.87. The van der Waals surface area contributed by atoms with E-state index in [1.165, 1.54) is 24.3 Å². The van der Waals surface area contributed by atoms with Crippen molar-refractivity contribution in [3.63, 3.8) is 0 Å². The fraction of sp³-hybridized carbons (Fsp3) is 0.316. The van der Waals surface area contributed by atoms with Gasteiger partial charge in [0, 0.05) is 5.56 Å². The summed E-state index contributed by atoms with van der Waals surface area (Å²) in [6, 6.07) is 19.8. The van der Waals surface area contributed by atoms with Gasteiger partial charge in [-0.3, -0.25) is 10.2 Å². The topological polar surface area (TPSA) is 35.8 Å². The molecule has 3 rings (SSSR count). The number of amidine groups is 1. The van der Waals surface area contributed by atoms with Gasteiger partial charge in [-0.1, -0.05) is 67.8 Å². The maximum atomic E-state index is 10.7. The van der Waals surface area contributed by atoms with Crippen molar-refractivity contribution < 1.29 is 5.21 Å². The van der Waals surface area contributed by atoms with Gasteiger partial charge in [-0.05, 0) is 25.0 Å². The molecule has 3 nitrogen and oxygen atoms in total. The fourth-order valence-electron chi connectivity index (χ4n) is 2.91. The van der Waals surface area contributed by atoms with E-state index < -0.39 is 0 Å². The molecule has 0 aliphatic heterocycles. The van der Waals surface area contributed by atoms with Crippen LogP contribution in [0.3, 0.4) is 0 Å². The molecule has 0 spiro atoms. The van der Waals surface area contributed by atoms with Crippen LogP contribution in [0.5, 0.6) is 0 Å². The van der Waals surface area contributed by atoms with Gasteiger partial charge < -0.3 is 0 Å². The van der Waals surface area contributed by atoms with Crippen molar-refractivity contribution in [3.05, 3.63) is 66.2 Å². The molecule has 23 heavy (non-hydrogen) atoms. The molecule has 0 bridgehead atoms. The Morgan fingerprint density at radius 2 is 1.43 bits per heavy atom. The molecule has 0 aromatic heterocycles. The van der Waals surface area contributed by atoms with E-state index in [-0.39, 0.29) is 12.4 Å². The van der Waals surface area contributed by atoms with Crippen molar-refractivity contribution >= 4 is 23.9 Å². The van der Waals surface area contributed by atoms with Gasteiger partial charge in [0.2, 0.25) is 0 Å². The number of aliphatic imine (C=N–C) groups is 1. The lowest BCUT2D eigenvalue weighted by molar-refractivity contribution is 0.310. The van der Waals surface area contributed by atoms with E-state index in [0.29, 0.717) is 11.9 Å². The van der Waals surface area contributed by atoms with Crippen LogP contribution in [0.2, 0.25) is 0 Å². The summed E-state index contributed by atoms with van der Waals surface area (Å²) in [6.07, 6.45) is 5.98. The molecule has 1 N–H and O–H groups in total. The van der Waals surface area contributed by atoms with Gasteiger partial charge in [0.25, 0.3) is 0 Å². The molecule has 1 aliphatic carbocycles. The molecule has 0 atom stereocenters. The Kier molecular flexibility index (Phi) is 6.63. The summed E-state index contributed by atoms with van der Waals surface area (Å²) in [7, 11) is 0. The van der Waals surface area contributed by atoms with E-state index in [4.69, 9.17) is 4.99 Å². The fourth-order valence-corrected chi connectivity index (χ4v) is 2.91. The number of halogens is 1. The van der Waals surface area contributed by atoms with E-state index in [1.807, 2.05) is 60.7 Å². The van der Waals surface area contributed by atoms with Crippen LogP contribution >= 0.6 is 12.4 Å². The minimum Gasteiger partial charge on any atom is -0.282 e. The Labute approximate surface area is 144 Å². The predicted octanol–water partition coefficient (Wildman–Crippen LogP) is 5.08. The highest BCUT2D eigenvalue weighted by Crippen LogP contribution is 2.23. The van der Waals surface area contributed by atoms with Gasteiger partial charge in [0.1, 0.15) is 0 Å². The highest BCUT2D eigenvalue weighted by Gasteiger charge is 2.18. The molecule has 0 amide bonds. The van der Waals surface area contributed by atoms with E-state index in [0.717, 1.165) is 24.1 Å². The number of nitrogens with zero attached hydrogens (tertiary/aromatic N) is 2. The molecule has 0 unspecified atom stereocenters. The molecule has 2 aromatic rings. The molecular weight excluding hydrogens is 308 g/mol. The summed E-state index contributed by atoms with van der Waals surface area (Å²) < 4.78 is 0. The van der Waals surface area contributed by atoms with Gasteiger partial charge >= 0.3 is 0 Å². The average Bonchev–Trinajstić information content (AvgIpc) is 2.61. The Hall–Kier alpha value is -1.84. The van der Waals surface area contributed by atoms with Crippen molar-refractivity contribution in [2.45, 2.75) is 38.1 Å². The van der Waals surface area contributed by atoms with Crippen molar-refractivity contribution in [1.82, 2.24) is 0 Å². The summed E-state index contributed by atoms with van der Waals surface area (Å²) >= 11 is 0. The van der Waals surface area contributed by atoms with Crippen LogP contribution in [-0.2, 0) is 0 Å². The number of hydrogen-bond donors (Lipinski definition) is 1. The van der Waals surface area contributed by atoms with Gasteiger partial charge in [-0.15, -0.1) is 12.4 Å². The van der Waals surface area contributed by atoms with E-state index in [9.17, 15) is 5.21 Å². The second-order valence-electron chi connectivity index (χ2n) is 5.76. The van der Waals surface area contributed by atoms with E-state index in [2.05, 4.69) is 0 Å². The molecular formula is C19H23ClN2O. The maximum Gasteiger partial charge on any atom is 0.160 e. The third kappa shape index (κ3) is 4.57. The van der Waals surface area contributed by atoms with E-state index in [1.54, 1.807) is 0 Å². The predicted molar refractivity (Wildman–Crippen MR) is 97.8 cm³/mol. The number of hydroxylamine groups is 1. The largest absolute Gasteiger partial charge is 0.282 e. The summed E-state index contributed by atoms with van der Waals surface area (Å²) in [5.41, 5.74) is 1.68. The molecule has 4 heteroatoms. The molecule has 0 radical (unpaired) electrons. The van der Waals surface area contributed by atoms with Gasteiger partial charge in [0.15, 0.2) is 5.84 Å². The second kappa shape index (κ2) is 8.70. The van der Waals surface area contributed by atoms with Crippen molar-refractivity contribution in [2.75, 3.05) is 5.06 Å². The minimum absolute atomic E-state index is 0. The normalized spacial score (nSPS) is 15.8. The first kappa shape index (κ1) is 17.5. The van der Waals surface area contributed by atoms with Gasteiger partial charge in [-0.25, -0.2) is 5.06 Å². The van der Waals surface area contributed by atoms with Crippen molar-refractivity contribution in [3.8, 4) is 0 Å². The standard InChI is InChI=1S/C19H22N2O.ClH/c22-21(18-14-8-3-9-15-18)19(16-10-4-1-5-11-16)20-17-12-6-2-7-13-17;/h1,3-5,8-11,14-15,17,22H,2,6-7,12-13H2;1H. The Morgan fingerprint density at radius 3 is 2.04 bits per heavy atom. The first-order valence-corrected chi connectivity index (χ1v) is 8.02. The van der Waals surface area contributed by atoms with Crippen LogP contribution in [0.15, 0.2) is 65.7 Å². The SMILES string of the molecule is Cl.ON(C(=NC1CCCCC1)c1ccccc1)c1ccccc1. The third-order valence-corrected chi connectivity index (χ3v) is 4.11. The molecule has 0 saturated heterocycles. The zero-order valence-corrected chi connectivity index (χ0v) is 14.0. The minimum atomic E-state index is 0. The highest BCUT2D eigenvalue weighted by molar-refractivity contribution is 6.08. The lowest BCUT2D eigenvalue weighted by atomic mass is 9.96. The van der Waals surface area contributed by atoms with Crippen LogP contribution in [0.1, 0.15) is 37.7 Å². The van der Waals surface area contributed by atoms with Crippen LogP contribution in [-0.4, -0.2) is 17.1 Å². The molecule has 1 saturated carbocycles.